The monoisotopic (exact) mass is 259 g/mol. The summed E-state index contributed by atoms with van der Waals surface area (Å²) in [6, 6.07) is 0. The van der Waals surface area contributed by atoms with Gasteiger partial charge in [-0.1, -0.05) is 19.8 Å². The van der Waals surface area contributed by atoms with Crippen molar-refractivity contribution in [2.75, 3.05) is 33.0 Å². The highest BCUT2D eigenvalue weighted by Crippen LogP contribution is 2.02. The highest BCUT2D eigenvalue weighted by Gasteiger charge is 2.06. The molecule has 18 heavy (non-hydrogen) atoms. The van der Waals surface area contributed by atoms with Crippen LogP contribution >= 0.6 is 0 Å². The molecular formula is C15H33NO2. The summed E-state index contributed by atoms with van der Waals surface area (Å²) in [4.78, 5) is 0. The van der Waals surface area contributed by atoms with E-state index in [4.69, 9.17) is 9.47 Å². The van der Waals surface area contributed by atoms with Gasteiger partial charge in [-0.25, -0.2) is 0 Å². The van der Waals surface area contributed by atoms with E-state index in [9.17, 15) is 0 Å². The van der Waals surface area contributed by atoms with E-state index in [0.29, 0.717) is 0 Å². The third-order valence-corrected chi connectivity index (χ3v) is 2.59. The molecule has 0 aliphatic rings. The molecule has 0 atom stereocenters. The first kappa shape index (κ1) is 17.9. The molecule has 1 N–H and O–H groups in total. The first-order valence-electron chi connectivity index (χ1n) is 7.47. The van der Waals surface area contributed by atoms with Gasteiger partial charge in [0.15, 0.2) is 0 Å². The molecule has 0 bridgehead atoms. The van der Waals surface area contributed by atoms with Crippen LogP contribution in [0.25, 0.3) is 0 Å². The van der Waals surface area contributed by atoms with Crippen molar-refractivity contribution in [2.45, 2.75) is 65.3 Å². The number of hydrogen-bond acceptors (Lipinski definition) is 3. The lowest BCUT2D eigenvalue weighted by Crippen LogP contribution is -2.36. The van der Waals surface area contributed by atoms with Crippen molar-refractivity contribution in [1.29, 1.82) is 0 Å². The van der Waals surface area contributed by atoms with Crippen molar-refractivity contribution in [3.8, 4) is 0 Å². The van der Waals surface area contributed by atoms with Crippen LogP contribution in [0.1, 0.15) is 59.8 Å². The summed E-state index contributed by atoms with van der Waals surface area (Å²) >= 11 is 0. The Hall–Kier alpha value is -0.120. The summed E-state index contributed by atoms with van der Waals surface area (Å²) < 4.78 is 10.8. The second kappa shape index (κ2) is 11.9. The van der Waals surface area contributed by atoms with Crippen molar-refractivity contribution in [2.24, 2.45) is 0 Å². The van der Waals surface area contributed by atoms with Crippen molar-refractivity contribution in [3.63, 3.8) is 0 Å². The van der Waals surface area contributed by atoms with Crippen LogP contribution in [0.5, 0.6) is 0 Å². The average Bonchev–Trinajstić information content (AvgIpc) is 2.29. The highest BCUT2D eigenvalue weighted by atomic mass is 16.5. The zero-order valence-electron chi connectivity index (χ0n) is 12.9. The largest absolute Gasteiger partial charge is 0.379 e. The molecule has 0 saturated heterocycles. The molecule has 3 heteroatoms. The molecule has 0 aliphatic heterocycles. The first-order chi connectivity index (χ1) is 8.56. The molecule has 0 saturated carbocycles. The SMILES string of the molecule is CCCOCCOCCCCCCNC(C)(C)C. The maximum atomic E-state index is 5.50. The van der Waals surface area contributed by atoms with Crippen LogP contribution in [0.15, 0.2) is 0 Å². The third-order valence-electron chi connectivity index (χ3n) is 2.59. The molecule has 0 aliphatic carbocycles. The smallest absolute Gasteiger partial charge is 0.0700 e. The lowest BCUT2D eigenvalue weighted by molar-refractivity contribution is 0.0465. The maximum Gasteiger partial charge on any atom is 0.0700 e. The Labute approximate surface area is 114 Å². The van der Waals surface area contributed by atoms with Crippen LogP contribution in [0.4, 0.5) is 0 Å². The second-order valence-corrected chi connectivity index (χ2v) is 5.82. The molecule has 0 spiro atoms. The minimum atomic E-state index is 0.252. The number of ether oxygens (including phenoxy) is 2. The molecule has 0 unspecified atom stereocenters. The number of nitrogens with one attached hydrogen (secondary N) is 1. The summed E-state index contributed by atoms with van der Waals surface area (Å²) in [5.41, 5.74) is 0.252. The van der Waals surface area contributed by atoms with Gasteiger partial charge in [0.25, 0.3) is 0 Å². The molecule has 0 aromatic carbocycles. The summed E-state index contributed by atoms with van der Waals surface area (Å²) in [5, 5.41) is 3.50. The zero-order valence-corrected chi connectivity index (χ0v) is 12.9. The van der Waals surface area contributed by atoms with Crippen molar-refractivity contribution >= 4 is 0 Å². The van der Waals surface area contributed by atoms with Crippen LogP contribution in [-0.4, -0.2) is 38.5 Å². The number of hydrogen-bond donors (Lipinski definition) is 1. The Balaban J connectivity index is 2.99. The van der Waals surface area contributed by atoms with E-state index in [-0.39, 0.29) is 5.54 Å². The minimum Gasteiger partial charge on any atom is -0.379 e. The fraction of sp³-hybridized carbons (Fsp3) is 1.00. The molecule has 3 nitrogen and oxygen atoms in total. The van der Waals surface area contributed by atoms with Gasteiger partial charge in [-0.3, -0.25) is 0 Å². The van der Waals surface area contributed by atoms with Gasteiger partial charge in [0.05, 0.1) is 13.2 Å². The van der Waals surface area contributed by atoms with Crippen LogP contribution < -0.4 is 5.32 Å². The minimum absolute atomic E-state index is 0.252. The Kier molecular flexibility index (Phi) is 11.9. The van der Waals surface area contributed by atoms with Gasteiger partial charge in [0.1, 0.15) is 0 Å². The molecule has 0 amide bonds. The fourth-order valence-corrected chi connectivity index (χ4v) is 1.61. The van der Waals surface area contributed by atoms with E-state index in [1.165, 1.54) is 25.7 Å². The predicted molar refractivity (Wildman–Crippen MR) is 78.2 cm³/mol. The second-order valence-electron chi connectivity index (χ2n) is 5.82. The molecule has 0 aromatic rings. The van der Waals surface area contributed by atoms with Crippen molar-refractivity contribution < 1.29 is 9.47 Å². The van der Waals surface area contributed by atoms with E-state index in [1.807, 2.05) is 0 Å². The Morgan fingerprint density at radius 1 is 0.778 bits per heavy atom. The van der Waals surface area contributed by atoms with Crippen molar-refractivity contribution in [1.82, 2.24) is 5.32 Å². The first-order valence-corrected chi connectivity index (χ1v) is 7.47. The van der Waals surface area contributed by atoms with Gasteiger partial charge in [0.2, 0.25) is 0 Å². The molecule has 0 radical (unpaired) electrons. The van der Waals surface area contributed by atoms with Crippen LogP contribution in [-0.2, 0) is 9.47 Å². The Bertz CT molecular complexity index is 166. The molecule has 0 rings (SSSR count). The quantitative estimate of drug-likeness (QED) is 0.545. The standard InChI is InChI=1S/C15H33NO2/c1-5-11-17-13-14-18-12-9-7-6-8-10-16-15(2,3)4/h16H,5-14H2,1-4H3. The third kappa shape index (κ3) is 15.9. The Morgan fingerprint density at radius 2 is 1.39 bits per heavy atom. The van der Waals surface area contributed by atoms with Crippen LogP contribution in [0, 0.1) is 0 Å². The van der Waals surface area contributed by atoms with E-state index in [2.05, 4.69) is 33.0 Å². The maximum absolute atomic E-state index is 5.50. The summed E-state index contributed by atoms with van der Waals surface area (Å²) in [6.07, 6.45) is 6.07. The van der Waals surface area contributed by atoms with Gasteiger partial charge in [-0.2, -0.15) is 0 Å². The summed E-state index contributed by atoms with van der Waals surface area (Å²) in [6.45, 7) is 13.1. The summed E-state index contributed by atoms with van der Waals surface area (Å²) in [5.74, 6) is 0. The predicted octanol–water partition coefficient (Wildman–Crippen LogP) is 3.38. The molecule has 110 valence electrons. The van der Waals surface area contributed by atoms with Gasteiger partial charge in [0, 0.05) is 18.8 Å². The topological polar surface area (TPSA) is 30.5 Å². The van der Waals surface area contributed by atoms with Crippen LogP contribution in [0.3, 0.4) is 0 Å². The van der Waals surface area contributed by atoms with Gasteiger partial charge < -0.3 is 14.8 Å². The van der Waals surface area contributed by atoms with Gasteiger partial charge >= 0.3 is 0 Å². The highest BCUT2D eigenvalue weighted by molar-refractivity contribution is 4.69. The van der Waals surface area contributed by atoms with Gasteiger partial charge in [-0.15, -0.1) is 0 Å². The molecular weight excluding hydrogens is 226 g/mol. The van der Waals surface area contributed by atoms with Crippen LogP contribution in [0.2, 0.25) is 0 Å². The molecule has 0 fully saturated rings. The van der Waals surface area contributed by atoms with E-state index >= 15 is 0 Å². The fourth-order valence-electron chi connectivity index (χ4n) is 1.61. The number of unbranched alkanes of at least 4 members (excludes halogenated alkanes) is 3. The zero-order chi connectivity index (χ0) is 13.7. The van der Waals surface area contributed by atoms with E-state index in [0.717, 1.165) is 39.4 Å². The van der Waals surface area contributed by atoms with Gasteiger partial charge in [-0.05, 0) is 46.6 Å². The van der Waals surface area contributed by atoms with E-state index in [1.54, 1.807) is 0 Å². The normalized spacial score (nSPS) is 12.0. The summed E-state index contributed by atoms with van der Waals surface area (Å²) in [7, 11) is 0. The number of rotatable bonds is 12. The lowest BCUT2D eigenvalue weighted by atomic mass is 10.1. The van der Waals surface area contributed by atoms with Crippen molar-refractivity contribution in [3.05, 3.63) is 0 Å². The molecule has 0 aromatic heterocycles. The lowest BCUT2D eigenvalue weighted by Gasteiger charge is -2.20. The Morgan fingerprint density at radius 3 is 2.00 bits per heavy atom. The van der Waals surface area contributed by atoms with E-state index < -0.39 is 0 Å². The average molecular weight is 259 g/mol. The molecule has 0 heterocycles.